The first-order valence-corrected chi connectivity index (χ1v) is 7.71. The van der Waals surface area contributed by atoms with Crippen LogP contribution in [0.1, 0.15) is 45.4 Å². The van der Waals surface area contributed by atoms with Crippen molar-refractivity contribution >= 4 is 5.96 Å². The van der Waals surface area contributed by atoms with E-state index in [4.69, 9.17) is 5.73 Å². The Morgan fingerprint density at radius 1 is 1.30 bits per heavy atom. The number of nitrogens with zero attached hydrogens (tertiary/aromatic N) is 4. The molecule has 1 aromatic rings. The monoisotopic (exact) mass is 277 g/mol. The van der Waals surface area contributed by atoms with E-state index in [0.717, 1.165) is 25.5 Å². The molecule has 1 aromatic heterocycles. The van der Waals surface area contributed by atoms with Crippen LogP contribution in [-0.4, -0.2) is 33.5 Å². The summed E-state index contributed by atoms with van der Waals surface area (Å²) in [6.07, 6.45) is 8.92. The molecule has 0 radical (unpaired) electrons. The van der Waals surface area contributed by atoms with E-state index in [2.05, 4.69) is 33.3 Å². The van der Waals surface area contributed by atoms with Crippen LogP contribution in [0.5, 0.6) is 0 Å². The molecule has 2 heterocycles. The molecule has 0 amide bonds. The summed E-state index contributed by atoms with van der Waals surface area (Å²) in [5.74, 6) is 2.28. The summed E-state index contributed by atoms with van der Waals surface area (Å²) in [6.45, 7) is 8.04. The molecule has 0 bridgehead atoms. The first kappa shape index (κ1) is 14.9. The van der Waals surface area contributed by atoms with Crippen LogP contribution in [0.15, 0.2) is 17.4 Å². The second-order valence-corrected chi connectivity index (χ2v) is 5.97. The van der Waals surface area contributed by atoms with Gasteiger partial charge in [-0.05, 0) is 18.8 Å². The van der Waals surface area contributed by atoms with E-state index < -0.39 is 0 Å². The van der Waals surface area contributed by atoms with Crippen LogP contribution in [0.4, 0.5) is 0 Å². The van der Waals surface area contributed by atoms with Crippen LogP contribution in [0.3, 0.4) is 0 Å². The molecule has 20 heavy (non-hydrogen) atoms. The second-order valence-electron chi connectivity index (χ2n) is 5.97. The number of guanidine groups is 1. The molecular formula is C15H27N5. The minimum atomic E-state index is 0.571. The predicted octanol–water partition coefficient (Wildman–Crippen LogP) is 2.23. The van der Waals surface area contributed by atoms with E-state index in [1.807, 2.05) is 12.4 Å². The third kappa shape index (κ3) is 4.25. The third-order valence-electron chi connectivity index (χ3n) is 3.68. The summed E-state index contributed by atoms with van der Waals surface area (Å²) in [5.41, 5.74) is 6.12. The fraction of sp³-hybridized carbons (Fsp3) is 0.733. The number of rotatable bonds is 4. The van der Waals surface area contributed by atoms with E-state index in [-0.39, 0.29) is 0 Å². The van der Waals surface area contributed by atoms with Crippen molar-refractivity contribution in [3.63, 3.8) is 0 Å². The van der Waals surface area contributed by atoms with Crippen LogP contribution in [-0.2, 0) is 13.1 Å². The Morgan fingerprint density at radius 2 is 2.00 bits per heavy atom. The topological polar surface area (TPSA) is 59.4 Å². The maximum absolute atomic E-state index is 6.12. The normalized spacial score (nSPS) is 17.6. The van der Waals surface area contributed by atoms with E-state index in [9.17, 15) is 0 Å². The van der Waals surface area contributed by atoms with Crippen molar-refractivity contribution in [3.8, 4) is 0 Å². The zero-order valence-corrected chi connectivity index (χ0v) is 12.8. The molecule has 2 N–H and O–H groups in total. The van der Waals surface area contributed by atoms with Crippen molar-refractivity contribution < 1.29 is 0 Å². The second kappa shape index (κ2) is 7.31. The van der Waals surface area contributed by atoms with Crippen molar-refractivity contribution in [2.45, 2.75) is 52.6 Å². The van der Waals surface area contributed by atoms with Gasteiger partial charge in [0.25, 0.3) is 0 Å². The minimum absolute atomic E-state index is 0.571. The molecule has 0 unspecified atom stereocenters. The lowest BCUT2D eigenvalue weighted by molar-refractivity contribution is 0.427. The van der Waals surface area contributed by atoms with Crippen molar-refractivity contribution in [2.75, 3.05) is 13.1 Å². The number of hydrogen-bond acceptors (Lipinski definition) is 2. The zero-order valence-electron chi connectivity index (χ0n) is 12.8. The highest BCUT2D eigenvalue weighted by Gasteiger charge is 2.11. The minimum Gasteiger partial charge on any atom is -0.370 e. The highest BCUT2D eigenvalue weighted by molar-refractivity contribution is 5.78. The molecule has 112 valence electrons. The molecule has 0 aliphatic carbocycles. The van der Waals surface area contributed by atoms with Gasteiger partial charge in [0.15, 0.2) is 5.96 Å². The fourth-order valence-electron chi connectivity index (χ4n) is 2.60. The molecule has 0 atom stereocenters. The molecule has 5 heteroatoms. The molecule has 1 fully saturated rings. The molecular weight excluding hydrogens is 250 g/mol. The molecule has 2 rings (SSSR count). The Bertz CT molecular complexity index is 427. The van der Waals surface area contributed by atoms with Crippen LogP contribution >= 0.6 is 0 Å². The number of aromatic nitrogens is 2. The van der Waals surface area contributed by atoms with Gasteiger partial charge in [0.1, 0.15) is 12.4 Å². The van der Waals surface area contributed by atoms with Crippen LogP contribution in [0.25, 0.3) is 0 Å². The van der Waals surface area contributed by atoms with Gasteiger partial charge >= 0.3 is 0 Å². The molecule has 0 aromatic carbocycles. The third-order valence-corrected chi connectivity index (χ3v) is 3.68. The Kier molecular flexibility index (Phi) is 5.44. The fourth-order valence-corrected chi connectivity index (χ4v) is 2.60. The zero-order chi connectivity index (χ0) is 14.4. The van der Waals surface area contributed by atoms with Gasteiger partial charge in [0.2, 0.25) is 0 Å². The Morgan fingerprint density at radius 3 is 2.65 bits per heavy atom. The van der Waals surface area contributed by atoms with Gasteiger partial charge in [0.05, 0.1) is 0 Å². The van der Waals surface area contributed by atoms with Gasteiger partial charge in [0, 0.05) is 32.0 Å². The highest BCUT2D eigenvalue weighted by Crippen LogP contribution is 2.10. The number of hydrogen-bond donors (Lipinski definition) is 1. The summed E-state index contributed by atoms with van der Waals surface area (Å²) in [6, 6.07) is 0. The number of likely N-dealkylation sites (tertiary alicyclic amines) is 1. The van der Waals surface area contributed by atoms with Crippen molar-refractivity contribution in [1.82, 2.24) is 14.5 Å². The quantitative estimate of drug-likeness (QED) is 0.678. The lowest BCUT2D eigenvalue weighted by Gasteiger charge is -2.21. The van der Waals surface area contributed by atoms with Gasteiger partial charge in [-0.25, -0.2) is 9.98 Å². The van der Waals surface area contributed by atoms with Crippen molar-refractivity contribution in [1.29, 1.82) is 0 Å². The van der Waals surface area contributed by atoms with Crippen LogP contribution in [0.2, 0.25) is 0 Å². The first-order chi connectivity index (χ1) is 9.66. The average molecular weight is 277 g/mol. The van der Waals surface area contributed by atoms with E-state index in [0.29, 0.717) is 18.4 Å². The smallest absolute Gasteiger partial charge is 0.191 e. The predicted molar refractivity (Wildman–Crippen MR) is 82.4 cm³/mol. The maximum atomic E-state index is 6.12. The van der Waals surface area contributed by atoms with Gasteiger partial charge in [-0.15, -0.1) is 0 Å². The summed E-state index contributed by atoms with van der Waals surface area (Å²) >= 11 is 0. The summed E-state index contributed by atoms with van der Waals surface area (Å²) < 4.78 is 2.17. The van der Waals surface area contributed by atoms with Gasteiger partial charge in [-0.2, -0.15) is 0 Å². The number of aliphatic imine (C=N–C) groups is 1. The van der Waals surface area contributed by atoms with E-state index >= 15 is 0 Å². The Hall–Kier alpha value is -1.52. The van der Waals surface area contributed by atoms with Crippen LogP contribution in [0, 0.1) is 5.92 Å². The van der Waals surface area contributed by atoms with Gasteiger partial charge in [-0.3, -0.25) is 0 Å². The first-order valence-electron chi connectivity index (χ1n) is 7.71. The molecule has 1 saturated heterocycles. The molecule has 5 nitrogen and oxygen atoms in total. The highest BCUT2D eigenvalue weighted by atomic mass is 15.3. The van der Waals surface area contributed by atoms with E-state index in [1.165, 1.54) is 25.7 Å². The van der Waals surface area contributed by atoms with E-state index in [1.54, 1.807) is 0 Å². The lowest BCUT2D eigenvalue weighted by Crippen LogP contribution is -2.38. The largest absolute Gasteiger partial charge is 0.370 e. The maximum Gasteiger partial charge on any atom is 0.191 e. The van der Waals surface area contributed by atoms with Crippen LogP contribution < -0.4 is 5.73 Å². The van der Waals surface area contributed by atoms with Gasteiger partial charge in [-0.1, -0.05) is 26.7 Å². The van der Waals surface area contributed by atoms with Gasteiger partial charge < -0.3 is 15.2 Å². The van der Waals surface area contributed by atoms with Crippen molar-refractivity contribution in [2.24, 2.45) is 16.6 Å². The Balaban J connectivity index is 1.95. The molecule has 0 saturated carbocycles. The molecule has 1 aliphatic heterocycles. The standard InChI is InChI=1S/C15H27N5/c1-13(2)12-20-10-7-17-14(20)11-18-15(16)19-8-5-3-4-6-9-19/h7,10,13H,3-6,8-9,11-12H2,1-2H3,(H2,16,18). The van der Waals surface area contributed by atoms with Crippen molar-refractivity contribution in [3.05, 3.63) is 18.2 Å². The Labute approximate surface area is 121 Å². The summed E-state index contributed by atoms with van der Waals surface area (Å²) in [5, 5.41) is 0. The number of imidazole rings is 1. The summed E-state index contributed by atoms with van der Waals surface area (Å²) in [4.78, 5) is 11.1. The summed E-state index contributed by atoms with van der Waals surface area (Å²) in [7, 11) is 0. The SMILES string of the molecule is CC(C)Cn1ccnc1CN=C(N)N1CCCCCC1. The molecule has 1 aliphatic rings. The number of nitrogens with two attached hydrogens (primary N) is 1. The molecule has 0 spiro atoms. The average Bonchev–Trinajstić information content (AvgIpc) is 2.67. The lowest BCUT2D eigenvalue weighted by atomic mass is 10.2.